The van der Waals surface area contributed by atoms with Crippen LogP contribution in [0.25, 0.3) is 0 Å². The third kappa shape index (κ3) is 3.24. The van der Waals surface area contributed by atoms with E-state index in [1.54, 1.807) is 13.8 Å². The van der Waals surface area contributed by atoms with Crippen molar-refractivity contribution in [3.05, 3.63) is 6.20 Å². The summed E-state index contributed by atoms with van der Waals surface area (Å²) >= 11 is 0. The molecule has 1 amide bonds. The zero-order valence-electron chi connectivity index (χ0n) is 11.2. The van der Waals surface area contributed by atoms with E-state index in [9.17, 15) is 13.2 Å². The molecule has 1 aromatic rings. The molecule has 8 nitrogen and oxygen atoms in total. The second-order valence-electron chi connectivity index (χ2n) is 4.34. The summed E-state index contributed by atoms with van der Waals surface area (Å²) in [6.07, 6.45) is 1.35. The molecule has 0 radical (unpaired) electrons. The third-order valence-corrected chi connectivity index (χ3v) is 4.59. The molecule has 0 spiro atoms. The maximum atomic E-state index is 12.4. The molecule has 4 N–H and O–H groups in total. The van der Waals surface area contributed by atoms with Crippen molar-refractivity contribution in [1.29, 1.82) is 0 Å². The first-order chi connectivity index (χ1) is 8.70. The number of hydrogen-bond donors (Lipinski definition) is 2. The molecule has 0 fully saturated rings. The minimum absolute atomic E-state index is 0.0861. The van der Waals surface area contributed by atoms with Gasteiger partial charge < -0.3 is 11.5 Å². The summed E-state index contributed by atoms with van der Waals surface area (Å²) in [5, 5.41) is 3.89. The number of carbonyl (C=O) groups is 1. The van der Waals surface area contributed by atoms with Gasteiger partial charge in [-0.1, -0.05) is 0 Å². The molecule has 0 saturated heterocycles. The van der Waals surface area contributed by atoms with Crippen LogP contribution >= 0.6 is 0 Å². The van der Waals surface area contributed by atoms with E-state index in [1.165, 1.54) is 10.9 Å². The molecule has 9 heteroatoms. The Balaban J connectivity index is 3.26. The predicted molar refractivity (Wildman–Crippen MR) is 70.5 cm³/mol. The summed E-state index contributed by atoms with van der Waals surface area (Å²) in [5.74, 6) is -0.810. The van der Waals surface area contributed by atoms with Gasteiger partial charge in [-0.2, -0.15) is 9.40 Å². The molecule has 0 aliphatic heterocycles. The highest BCUT2D eigenvalue weighted by atomic mass is 32.2. The number of aryl methyl sites for hydroxylation is 1. The average Bonchev–Trinajstić information content (AvgIpc) is 2.67. The summed E-state index contributed by atoms with van der Waals surface area (Å²) in [5.41, 5.74) is 10.7. The van der Waals surface area contributed by atoms with Crippen LogP contribution in [0.15, 0.2) is 11.1 Å². The number of amides is 1. The fourth-order valence-electron chi connectivity index (χ4n) is 1.60. The van der Waals surface area contributed by atoms with E-state index < -0.39 is 28.5 Å². The smallest absolute Gasteiger partial charge is 0.249 e. The van der Waals surface area contributed by atoms with Crippen molar-refractivity contribution in [2.24, 2.45) is 5.73 Å². The summed E-state index contributed by atoms with van der Waals surface area (Å²) in [4.78, 5) is 10.9. The number of carbonyl (C=O) groups excluding carboxylic acids is 1. The topological polar surface area (TPSA) is 124 Å². The number of nitrogens with zero attached hydrogens (tertiary/aromatic N) is 3. The van der Waals surface area contributed by atoms with Crippen molar-refractivity contribution in [1.82, 2.24) is 14.1 Å². The molecule has 0 saturated carbocycles. The van der Waals surface area contributed by atoms with E-state index in [4.69, 9.17) is 11.5 Å². The molecule has 0 aliphatic carbocycles. The maximum Gasteiger partial charge on any atom is 0.249 e. The van der Waals surface area contributed by atoms with Crippen LogP contribution in [0.1, 0.15) is 20.8 Å². The van der Waals surface area contributed by atoms with Gasteiger partial charge in [-0.3, -0.25) is 9.48 Å². The highest BCUT2D eigenvalue weighted by Crippen LogP contribution is 2.22. The lowest BCUT2D eigenvalue weighted by Gasteiger charge is -2.23. The number of nitrogens with two attached hydrogens (primary N) is 2. The number of hydrogen-bond acceptors (Lipinski definition) is 5. The highest BCUT2D eigenvalue weighted by Gasteiger charge is 2.31. The first-order valence-electron chi connectivity index (χ1n) is 5.83. The van der Waals surface area contributed by atoms with Crippen molar-refractivity contribution in [3.8, 4) is 0 Å². The molecule has 108 valence electrons. The Morgan fingerprint density at radius 3 is 2.47 bits per heavy atom. The van der Waals surface area contributed by atoms with Gasteiger partial charge in [0.2, 0.25) is 15.9 Å². The molecule has 0 aliphatic rings. The molecule has 19 heavy (non-hydrogen) atoms. The normalized spacial score (nSPS) is 12.3. The monoisotopic (exact) mass is 289 g/mol. The minimum atomic E-state index is -3.89. The Morgan fingerprint density at radius 2 is 2.11 bits per heavy atom. The molecular weight excluding hydrogens is 270 g/mol. The van der Waals surface area contributed by atoms with Crippen LogP contribution in [-0.2, 0) is 21.4 Å². The van der Waals surface area contributed by atoms with Gasteiger partial charge in [-0.05, 0) is 20.8 Å². The van der Waals surface area contributed by atoms with Crippen LogP contribution in [0.2, 0.25) is 0 Å². The van der Waals surface area contributed by atoms with Gasteiger partial charge in [0.1, 0.15) is 4.90 Å². The summed E-state index contributed by atoms with van der Waals surface area (Å²) in [6.45, 7) is 5.22. The Kier molecular flexibility index (Phi) is 4.53. The molecule has 0 bridgehead atoms. The quantitative estimate of drug-likeness (QED) is 0.721. The van der Waals surface area contributed by atoms with Gasteiger partial charge in [0, 0.05) is 18.8 Å². The number of nitrogen functional groups attached to an aromatic ring is 1. The highest BCUT2D eigenvalue weighted by molar-refractivity contribution is 7.89. The van der Waals surface area contributed by atoms with Gasteiger partial charge in [-0.15, -0.1) is 0 Å². The Hall–Kier alpha value is -1.61. The van der Waals surface area contributed by atoms with Gasteiger partial charge in [-0.25, -0.2) is 8.42 Å². The third-order valence-electron chi connectivity index (χ3n) is 2.55. The lowest BCUT2D eigenvalue weighted by Crippen LogP contribution is -2.42. The molecule has 0 aromatic carbocycles. The Morgan fingerprint density at radius 1 is 1.53 bits per heavy atom. The van der Waals surface area contributed by atoms with Crippen molar-refractivity contribution in [2.75, 3.05) is 12.3 Å². The fraction of sp³-hybridized carbons (Fsp3) is 0.600. The van der Waals surface area contributed by atoms with Crippen molar-refractivity contribution >= 4 is 21.7 Å². The zero-order valence-corrected chi connectivity index (χ0v) is 12.0. The van der Waals surface area contributed by atoms with Gasteiger partial charge in [0.05, 0.1) is 6.54 Å². The van der Waals surface area contributed by atoms with E-state index in [2.05, 4.69) is 5.10 Å². The minimum Gasteiger partial charge on any atom is -0.381 e. The average molecular weight is 289 g/mol. The number of rotatable bonds is 6. The SMILES string of the molecule is CCn1cc(S(=O)(=O)N(CC(N)=O)C(C)C)c(N)n1. The zero-order chi connectivity index (χ0) is 14.8. The van der Waals surface area contributed by atoms with E-state index in [0.717, 1.165) is 4.31 Å². The molecular formula is C10H19N5O3S. The lowest BCUT2D eigenvalue weighted by molar-refractivity contribution is -0.118. The van der Waals surface area contributed by atoms with Crippen LogP contribution in [0.3, 0.4) is 0 Å². The fourth-order valence-corrected chi connectivity index (χ4v) is 3.27. The van der Waals surface area contributed by atoms with E-state index >= 15 is 0 Å². The van der Waals surface area contributed by atoms with Crippen LogP contribution in [0.4, 0.5) is 5.82 Å². The lowest BCUT2D eigenvalue weighted by atomic mass is 10.4. The molecule has 1 heterocycles. The number of sulfonamides is 1. The van der Waals surface area contributed by atoms with Crippen molar-refractivity contribution in [2.45, 2.75) is 38.3 Å². The summed E-state index contributed by atoms with van der Waals surface area (Å²) in [7, 11) is -3.89. The van der Waals surface area contributed by atoms with Crippen LogP contribution in [0.5, 0.6) is 0 Å². The summed E-state index contributed by atoms with van der Waals surface area (Å²) < 4.78 is 27.3. The number of anilines is 1. The van der Waals surface area contributed by atoms with Gasteiger partial charge in [0.15, 0.2) is 5.82 Å². The van der Waals surface area contributed by atoms with Crippen LogP contribution in [-0.4, -0.2) is 41.0 Å². The van der Waals surface area contributed by atoms with E-state index in [-0.39, 0.29) is 10.7 Å². The molecule has 1 rings (SSSR count). The van der Waals surface area contributed by atoms with Gasteiger partial charge in [0.25, 0.3) is 0 Å². The van der Waals surface area contributed by atoms with Crippen molar-refractivity contribution < 1.29 is 13.2 Å². The molecule has 1 aromatic heterocycles. The van der Waals surface area contributed by atoms with E-state index in [1.807, 2.05) is 6.92 Å². The van der Waals surface area contributed by atoms with E-state index in [0.29, 0.717) is 6.54 Å². The first kappa shape index (κ1) is 15.4. The first-order valence-corrected chi connectivity index (χ1v) is 7.27. The second-order valence-corrected chi connectivity index (χ2v) is 6.20. The predicted octanol–water partition coefficient (Wildman–Crippen LogP) is -0.630. The molecule has 0 atom stereocenters. The molecule has 0 unspecified atom stereocenters. The second kappa shape index (κ2) is 5.57. The largest absolute Gasteiger partial charge is 0.381 e. The van der Waals surface area contributed by atoms with Crippen LogP contribution < -0.4 is 11.5 Å². The van der Waals surface area contributed by atoms with Gasteiger partial charge >= 0.3 is 0 Å². The summed E-state index contributed by atoms with van der Waals surface area (Å²) in [6, 6.07) is -0.415. The van der Waals surface area contributed by atoms with Crippen molar-refractivity contribution in [3.63, 3.8) is 0 Å². The number of primary amides is 1. The standard InChI is InChI=1S/C10H19N5O3S/c1-4-14-5-8(10(12)13-14)19(17,18)15(7(2)3)6-9(11)16/h5,7H,4,6H2,1-3H3,(H2,11,16)(H2,12,13). The Bertz CT molecular complexity index is 564. The number of aromatic nitrogens is 2. The Labute approximate surface area is 112 Å². The van der Waals surface area contributed by atoms with Crippen LogP contribution in [0, 0.1) is 0 Å². The maximum absolute atomic E-state index is 12.4.